The molecule has 0 unspecified atom stereocenters. The molecule has 2 aromatic heterocycles. The van der Waals surface area contributed by atoms with Gasteiger partial charge < -0.3 is 25.6 Å². The first-order chi connectivity index (χ1) is 14.3. The average molecular weight is 412 g/mol. The number of fused-ring (bicyclic) bond motifs is 1. The second-order valence-electron chi connectivity index (χ2n) is 7.12. The lowest BCUT2D eigenvalue weighted by molar-refractivity contribution is 0.0778. The number of H-pyrrole nitrogens is 2. The molecule has 10 nitrogen and oxygen atoms in total. The SMILES string of the molecule is CN(CCN(C)C(=O)c1ccc(CCc2c[nH]c3nc(N)[nH]c(=O)c23)cc1)C(=O)O. The molecule has 0 aliphatic carbocycles. The van der Waals surface area contributed by atoms with Gasteiger partial charge in [-0.1, -0.05) is 12.1 Å². The van der Waals surface area contributed by atoms with Crippen molar-refractivity contribution in [2.24, 2.45) is 0 Å². The molecule has 0 saturated carbocycles. The fraction of sp³-hybridized carbons (Fsp3) is 0.300. The van der Waals surface area contributed by atoms with Crippen molar-refractivity contribution in [3.05, 3.63) is 57.5 Å². The molecule has 0 atom stereocenters. The largest absolute Gasteiger partial charge is 0.465 e. The zero-order valence-corrected chi connectivity index (χ0v) is 16.8. The molecule has 1 aromatic carbocycles. The fourth-order valence-corrected chi connectivity index (χ4v) is 3.13. The zero-order chi connectivity index (χ0) is 21.8. The van der Waals surface area contributed by atoms with Crippen molar-refractivity contribution >= 4 is 29.0 Å². The highest BCUT2D eigenvalue weighted by Gasteiger charge is 2.14. The molecule has 2 amide bonds. The van der Waals surface area contributed by atoms with Crippen molar-refractivity contribution in [2.45, 2.75) is 12.8 Å². The van der Waals surface area contributed by atoms with Gasteiger partial charge in [0, 0.05) is 38.9 Å². The van der Waals surface area contributed by atoms with Crippen LogP contribution in [0.5, 0.6) is 0 Å². The minimum absolute atomic E-state index is 0.0701. The van der Waals surface area contributed by atoms with Crippen molar-refractivity contribution in [1.82, 2.24) is 24.8 Å². The number of carboxylic acid groups (broad SMARTS) is 1. The molecule has 0 aliphatic heterocycles. The Balaban J connectivity index is 1.62. The molecule has 0 radical (unpaired) electrons. The van der Waals surface area contributed by atoms with E-state index in [-0.39, 0.29) is 24.0 Å². The Morgan fingerprint density at radius 2 is 1.77 bits per heavy atom. The minimum atomic E-state index is -1.03. The van der Waals surface area contributed by atoms with Gasteiger partial charge in [0.25, 0.3) is 11.5 Å². The number of likely N-dealkylation sites (N-methyl/N-ethyl adjacent to an activating group) is 2. The third-order valence-electron chi connectivity index (χ3n) is 4.97. The van der Waals surface area contributed by atoms with Crippen LogP contribution in [0.3, 0.4) is 0 Å². The number of nitrogen functional groups attached to an aromatic ring is 1. The quantitative estimate of drug-likeness (QED) is 0.460. The fourth-order valence-electron chi connectivity index (χ4n) is 3.13. The van der Waals surface area contributed by atoms with Crippen molar-refractivity contribution in [2.75, 3.05) is 32.9 Å². The van der Waals surface area contributed by atoms with E-state index in [2.05, 4.69) is 15.0 Å². The maximum Gasteiger partial charge on any atom is 0.407 e. The number of hydrogen-bond donors (Lipinski definition) is 4. The van der Waals surface area contributed by atoms with Crippen LogP contribution < -0.4 is 11.3 Å². The summed E-state index contributed by atoms with van der Waals surface area (Å²) < 4.78 is 0. The van der Waals surface area contributed by atoms with Crippen LogP contribution in [0.25, 0.3) is 11.0 Å². The van der Waals surface area contributed by atoms with E-state index in [1.165, 1.54) is 11.9 Å². The van der Waals surface area contributed by atoms with Gasteiger partial charge in [-0.15, -0.1) is 0 Å². The number of aromatic nitrogens is 3. The molecular formula is C20H24N6O4. The van der Waals surface area contributed by atoms with Crippen LogP contribution in [0, 0.1) is 0 Å². The number of benzene rings is 1. The smallest absolute Gasteiger partial charge is 0.407 e. The summed E-state index contributed by atoms with van der Waals surface area (Å²) in [4.78, 5) is 47.6. The maximum atomic E-state index is 12.5. The van der Waals surface area contributed by atoms with E-state index in [9.17, 15) is 14.4 Å². The number of nitrogens with one attached hydrogen (secondary N) is 2. The molecule has 0 aliphatic rings. The van der Waals surface area contributed by atoms with E-state index >= 15 is 0 Å². The lowest BCUT2D eigenvalue weighted by Gasteiger charge is -2.20. The molecule has 0 saturated heterocycles. The van der Waals surface area contributed by atoms with Gasteiger partial charge in [0.15, 0.2) is 0 Å². The number of aromatic amines is 2. The Kier molecular flexibility index (Phi) is 6.05. The number of amides is 2. The van der Waals surface area contributed by atoms with Gasteiger partial charge in [-0.3, -0.25) is 14.6 Å². The molecule has 3 rings (SSSR count). The first kappa shape index (κ1) is 20.9. The number of rotatable bonds is 7. The number of hydrogen-bond acceptors (Lipinski definition) is 5. The van der Waals surface area contributed by atoms with Crippen LogP contribution in [0.2, 0.25) is 0 Å². The second kappa shape index (κ2) is 8.68. The predicted molar refractivity (Wildman–Crippen MR) is 113 cm³/mol. The average Bonchev–Trinajstić information content (AvgIpc) is 3.13. The van der Waals surface area contributed by atoms with Crippen molar-refractivity contribution in [3.8, 4) is 0 Å². The van der Waals surface area contributed by atoms with Gasteiger partial charge in [0.05, 0.1) is 5.39 Å². The Labute approximate surface area is 172 Å². The molecule has 0 fully saturated rings. The van der Waals surface area contributed by atoms with Crippen LogP contribution >= 0.6 is 0 Å². The van der Waals surface area contributed by atoms with E-state index in [1.54, 1.807) is 25.4 Å². The van der Waals surface area contributed by atoms with E-state index in [4.69, 9.17) is 10.8 Å². The highest BCUT2D eigenvalue weighted by atomic mass is 16.4. The summed E-state index contributed by atoms with van der Waals surface area (Å²) in [5.74, 6) is -0.104. The predicted octanol–water partition coefficient (Wildman–Crippen LogP) is 1.30. The number of carbonyl (C=O) groups is 2. The highest BCUT2D eigenvalue weighted by Crippen LogP contribution is 2.16. The Bertz CT molecular complexity index is 1120. The number of nitrogens with zero attached hydrogens (tertiary/aromatic N) is 3. The van der Waals surface area contributed by atoms with E-state index in [1.807, 2.05) is 12.1 Å². The summed E-state index contributed by atoms with van der Waals surface area (Å²) in [6.45, 7) is 0.539. The summed E-state index contributed by atoms with van der Waals surface area (Å²) >= 11 is 0. The first-order valence-corrected chi connectivity index (χ1v) is 9.40. The van der Waals surface area contributed by atoms with Crippen molar-refractivity contribution < 1.29 is 14.7 Å². The third kappa shape index (κ3) is 4.59. The molecule has 10 heteroatoms. The normalized spacial score (nSPS) is 10.9. The van der Waals surface area contributed by atoms with Gasteiger partial charge in [-0.05, 0) is 36.1 Å². The van der Waals surface area contributed by atoms with Crippen LogP contribution in [0.1, 0.15) is 21.5 Å². The Morgan fingerprint density at radius 1 is 1.10 bits per heavy atom. The maximum absolute atomic E-state index is 12.5. The van der Waals surface area contributed by atoms with E-state index < -0.39 is 6.09 Å². The Hall–Kier alpha value is -3.82. The van der Waals surface area contributed by atoms with E-state index in [0.717, 1.165) is 16.0 Å². The van der Waals surface area contributed by atoms with Gasteiger partial charge in [-0.25, -0.2) is 4.79 Å². The van der Waals surface area contributed by atoms with Gasteiger partial charge in [-0.2, -0.15) is 4.98 Å². The number of carbonyl (C=O) groups excluding carboxylic acids is 1. The Morgan fingerprint density at radius 3 is 2.43 bits per heavy atom. The summed E-state index contributed by atoms with van der Waals surface area (Å²) in [5.41, 5.74) is 8.15. The first-order valence-electron chi connectivity index (χ1n) is 9.40. The topological polar surface area (TPSA) is 148 Å². The standard InChI is InChI=1S/C20H24N6O4/c1-25(9-10-26(2)20(29)30)18(28)13-6-3-12(4-7-13)5-8-14-11-22-16-15(14)17(27)24-19(21)23-16/h3-4,6-7,11H,5,8-10H2,1-2H3,(H,29,30)(H4,21,22,23,24,27). The van der Waals surface area contributed by atoms with Gasteiger partial charge >= 0.3 is 6.09 Å². The van der Waals surface area contributed by atoms with Gasteiger partial charge in [0.2, 0.25) is 5.95 Å². The minimum Gasteiger partial charge on any atom is -0.465 e. The molecule has 5 N–H and O–H groups in total. The van der Waals surface area contributed by atoms with Crippen LogP contribution in [-0.2, 0) is 12.8 Å². The molecular weight excluding hydrogens is 388 g/mol. The number of anilines is 1. The highest BCUT2D eigenvalue weighted by molar-refractivity contribution is 5.94. The van der Waals surface area contributed by atoms with Crippen molar-refractivity contribution in [3.63, 3.8) is 0 Å². The summed E-state index contributed by atoms with van der Waals surface area (Å²) in [6.07, 6.45) is 2.04. The van der Waals surface area contributed by atoms with E-state index in [0.29, 0.717) is 36.0 Å². The van der Waals surface area contributed by atoms with Crippen molar-refractivity contribution in [1.29, 1.82) is 0 Å². The molecule has 158 valence electrons. The lowest BCUT2D eigenvalue weighted by Crippen LogP contribution is -2.36. The molecule has 0 bridgehead atoms. The molecule has 2 heterocycles. The molecule has 30 heavy (non-hydrogen) atoms. The lowest BCUT2D eigenvalue weighted by atomic mass is 10.0. The molecule has 3 aromatic rings. The second-order valence-corrected chi connectivity index (χ2v) is 7.12. The third-order valence-corrected chi connectivity index (χ3v) is 4.97. The summed E-state index contributed by atoms with van der Waals surface area (Å²) in [5, 5.41) is 9.38. The van der Waals surface area contributed by atoms with Crippen LogP contribution in [0.15, 0.2) is 35.3 Å². The summed E-state index contributed by atoms with van der Waals surface area (Å²) in [7, 11) is 3.10. The molecule has 0 spiro atoms. The number of nitrogens with two attached hydrogens (primary N) is 1. The monoisotopic (exact) mass is 412 g/mol. The van der Waals surface area contributed by atoms with Gasteiger partial charge in [0.1, 0.15) is 5.65 Å². The summed E-state index contributed by atoms with van der Waals surface area (Å²) in [6, 6.07) is 7.25. The van der Waals surface area contributed by atoms with Crippen LogP contribution in [-0.4, -0.2) is 69.0 Å². The van der Waals surface area contributed by atoms with Crippen LogP contribution in [0.4, 0.5) is 10.7 Å². The zero-order valence-electron chi connectivity index (χ0n) is 16.8. The number of aryl methyl sites for hydroxylation is 2.